The van der Waals surface area contributed by atoms with E-state index in [1.807, 2.05) is 6.92 Å². The monoisotopic (exact) mass is 400 g/mol. The van der Waals surface area contributed by atoms with Crippen molar-refractivity contribution in [2.75, 3.05) is 6.54 Å². The number of carbonyl (C=O) groups is 1. The first kappa shape index (κ1) is 19.4. The predicted molar refractivity (Wildman–Crippen MR) is 111 cm³/mol. The predicted octanol–water partition coefficient (Wildman–Crippen LogP) is 4.90. The quantitative estimate of drug-likeness (QED) is 0.613. The molecule has 3 aromatic rings. The average Bonchev–Trinajstić information content (AvgIpc) is 3.10. The van der Waals surface area contributed by atoms with Gasteiger partial charge in [-0.25, -0.2) is 4.98 Å². The molecule has 1 aromatic heterocycles. The van der Waals surface area contributed by atoms with Crippen LogP contribution in [-0.2, 0) is 11.2 Å². The summed E-state index contributed by atoms with van der Waals surface area (Å²) in [4.78, 5) is 16.7. The first-order valence-electron chi connectivity index (χ1n) is 8.72. The maximum atomic E-state index is 12.2. The average molecular weight is 401 g/mol. The molecule has 0 radical (unpaired) electrons. The van der Waals surface area contributed by atoms with Gasteiger partial charge in [-0.3, -0.25) is 4.79 Å². The van der Waals surface area contributed by atoms with Gasteiger partial charge in [-0.1, -0.05) is 35.9 Å². The molecule has 0 aliphatic carbocycles. The number of rotatable bonds is 7. The molecule has 1 heterocycles. The molecule has 0 bridgehead atoms. The van der Waals surface area contributed by atoms with Crippen molar-refractivity contribution in [3.63, 3.8) is 0 Å². The molecule has 3 rings (SSSR count). The van der Waals surface area contributed by atoms with Crippen LogP contribution < -0.4 is 10.1 Å². The van der Waals surface area contributed by atoms with Gasteiger partial charge in [-0.15, -0.1) is 11.3 Å². The largest absolute Gasteiger partial charge is 0.481 e. The Morgan fingerprint density at radius 3 is 2.52 bits per heavy atom. The number of hydrogen-bond donors (Lipinski definition) is 1. The number of halogens is 1. The van der Waals surface area contributed by atoms with Crippen molar-refractivity contribution in [2.45, 2.75) is 26.4 Å². The maximum Gasteiger partial charge on any atom is 0.260 e. The van der Waals surface area contributed by atoms with E-state index in [0.29, 0.717) is 17.3 Å². The highest BCUT2D eigenvalue weighted by Crippen LogP contribution is 2.22. The van der Waals surface area contributed by atoms with E-state index in [1.165, 1.54) is 0 Å². The standard InChI is InChI=1S/C21H21ClN2O2S/c1-14(26-19-9-7-18(22)8-10-19)21(25)23-12-11-16-3-5-17(6-4-16)20-13-27-15(2)24-20/h3-10,13-14H,11-12H2,1-2H3,(H,23,25). The highest BCUT2D eigenvalue weighted by molar-refractivity contribution is 7.09. The highest BCUT2D eigenvalue weighted by Gasteiger charge is 2.14. The molecule has 6 heteroatoms. The molecule has 1 unspecified atom stereocenters. The first-order valence-corrected chi connectivity index (χ1v) is 9.98. The van der Waals surface area contributed by atoms with Crippen LogP contribution in [0.1, 0.15) is 17.5 Å². The fourth-order valence-corrected chi connectivity index (χ4v) is 3.33. The molecular formula is C21H21ClN2O2S. The van der Waals surface area contributed by atoms with Gasteiger partial charge >= 0.3 is 0 Å². The summed E-state index contributed by atoms with van der Waals surface area (Å²) in [5.41, 5.74) is 3.28. The zero-order chi connectivity index (χ0) is 19.2. The Morgan fingerprint density at radius 2 is 1.89 bits per heavy atom. The SMILES string of the molecule is Cc1nc(-c2ccc(CCNC(=O)C(C)Oc3ccc(Cl)cc3)cc2)cs1. The van der Waals surface area contributed by atoms with Crippen LogP contribution in [0, 0.1) is 6.92 Å². The lowest BCUT2D eigenvalue weighted by atomic mass is 10.1. The van der Waals surface area contributed by atoms with E-state index in [1.54, 1.807) is 42.5 Å². The van der Waals surface area contributed by atoms with Gasteiger partial charge in [0.25, 0.3) is 5.91 Å². The Hall–Kier alpha value is -2.37. The number of thiazole rings is 1. The summed E-state index contributed by atoms with van der Waals surface area (Å²) in [6.07, 6.45) is 0.192. The lowest BCUT2D eigenvalue weighted by Gasteiger charge is -2.14. The van der Waals surface area contributed by atoms with Crippen LogP contribution in [0.2, 0.25) is 5.02 Å². The number of nitrogens with one attached hydrogen (secondary N) is 1. The molecule has 140 valence electrons. The van der Waals surface area contributed by atoms with E-state index in [0.717, 1.165) is 28.2 Å². The summed E-state index contributed by atoms with van der Waals surface area (Å²) in [6.45, 7) is 4.29. The van der Waals surface area contributed by atoms with E-state index in [4.69, 9.17) is 16.3 Å². The van der Waals surface area contributed by atoms with Crippen molar-refractivity contribution in [2.24, 2.45) is 0 Å². The van der Waals surface area contributed by atoms with Crippen molar-refractivity contribution < 1.29 is 9.53 Å². The number of aromatic nitrogens is 1. The lowest BCUT2D eigenvalue weighted by Crippen LogP contribution is -2.37. The molecule has 1 amide bonds. The minimum Gasteiger partial charge on any atom is -0.481 e. The van der Waals surface area contributed by atoms with Gasteiger partial charge in [-0.2, -0.15) is 0 Å². The van der Waals surface area contributed by atoms with Crippen molar-refractivity contribution >= 4 is 28.8 Å². The minimum atomic E-state index is -0.568. The van der Waals surface area contributed by atoms with E-state index in [-0.39, 0.29) is 5.91 Å². The fraction of sp³-hybridized carbons (Fsp3) is 0.238. The number of hydrogen-bond acceptors (Lipinski definition) is 4. The van der Waals surface area contributed by atoms with Crippen LogP contribution in [-0.4, -0.2) is 23.5 Å². The first-order chi connectivity index (χ1) is 13.0. The normalized spacial score (nSPS) is 11.8. The fourth-order valence-electron chi connectivity index (χ4n) is 2.58. The second kappa shape index (κ2) is 9.02. The van der Waals surface area contributed by atoms with Gasteiger partial charge in [0, 0.05) is 22.5 Å². The molecule has 0 aliphatic heterocycles. The Morgan fingerprint density at radius 1 is 1.19 bits per heavy atom. The van der Waals surface area contributed by atoms with Gasteiger partial charge in [0.05, 0.1) is 10.7 Å². The Bertz CT molecular complexity index is 891. The third kappa shape index (κ3) is 5.55. The molecule has 4 nitrogen and oxygen atoms in total. The highest BCUT2D eigenvalue weighted by atomic mass is 35.5. The van der Waals surface area contributed by atoms with E-state index < -0.39 is 6.10 Å². The number of amides is 1. The topological polar surface area (TPSA) is 51.2 Å². The third-order valence-corrected chi connectivity index (χ3v) is 5.10. The second-order valence-electron chi connectivity index (χ2n) is 6.20. The molecular weight excluding hydrogens is 380 g/mol. The van der Waals surface area contributed by atoms with Crippen LogP contribution in [0.25, 0.3) is 11.3 Å². The molecule has 1 atom stereocenters. The van der Waals surface area contributed by atoms with Crippen LogP contribution in [0.5, 0.6) is 5.75 Å². The third-order valence-electron chi connectivity index (χ3n) is 4.08. The Kier molecular flexibility index (Phi) is 6.48. The summed E-state index contributed by atoms with van der Waals surface area (Å²) >= 11 is 7.49. The van der Waals surface area contributed by atoms with Crippen LogP contribution >= 0.6 is 22.9 Å². The van der Waals surface area contributed by atoms with Crippen molar-refractivity contribution in [3.05, 3.63) is 69.5 Å². The van der Waals surface area contributed by atoms with Gasteiger partial charge in [0.2, 0.25) is 0 Å². The Labute approximate surface area is 168 Å². The van der Waals surface area contributed by atoms with Crippen LogP contribution in [0.15, 0.2) is 53.9 Å². The van der Waals surface area contributed by atoms with Gasteiger partial charge in [0.1, 0.15) is 5.75 Å². The van der Waals surface area contributed by atoms with Crippen LogP contribution in [0.3, 0.4) is 0 Å². The lowest BCUT2D eigenvalue weighted by molar-refractivity contribution is -0.127. The number of nitrogens with zero attached hydrogens (tertiary/aromatic N) is 1. The van der Waals surface area contributed by atoms with Crippen molar-refractivity contribution in [1.82, 2.24) is 10.3 Å². The molecule has 0 aliphatic rings. The van der Waals surface area contributed by atoms with Crippen molar-refractivity contribution in [3.8, 4) is 17.0 Å². The zero-order valence-electron chi connectivity index (χ0n) is 15.2. The smallest absolute Gasteiger partial charge is 0.260 e. The molecule has 2 aromatic carbocycles. The van der Waals surface area contributed by atoms with Gasteiger partial charge < -0.3 is 10.1 Å². The number of aryl methyl sites for hydroxylation is 1. The molecule has 0 spiro atoms. The molecule has 0 saturated carbocycles. The zero-order valence-corrected chi connectivity index (χ0v) is 16.8. The van der Waals surface area contributed by atoms with Gasteiger partial charge in [0.15, 0.2) is 6.10 Å². The Balaban J connectivity index is 1.46. The summed E-state index contributed by atoms with van der Waals surface area (Å²) in [6, 6.07) is 15.2. The van der Waals surface area contributed by atoms with E-state index >= 15 is 0 Å². The van der Waals surface area contributed by atoms with Gasteiger partial charge in [-0.05, 0) is 50.1 Å². The number of carbonyl (C=O) groups excluding carboxylic acids is 1. The number of ether oxygens (including phenoxy) is 1. The number of benzene rings is 2. The molecule has 0 fully saturated rings. The van der Waals surface area contributed by atoms with E-state index in [2.05, 4.69) is 39.9 Å². The maximum absolute atomic E-state index is 12.2. The molecule has 27 heavy (non-hydrogen) atoms. The second-order valence-corrected chi connectivity index (χ2v) is 7.70. The summed E-state index contributed by atoms with van der Waals surface area (Å²) in [7, 11) is 0. The van der Waals surface area contributed by atoms with Crippen LogP contribution in [0.4, 0.5) is 0 Å². The minimum absolute atomic E-state index is 0.139. The van der Waals surface area contributed by atoms with Crippen molar-refractivity contribution in [1.29, 1.82) is 0 Å². The van der Waals surface area contributed by atoms with E-state index in [9.17, 15) is 4.79 Å². The molecule has 0 saturated heterocycles. The summed E-state index contributed by atoms with van der Waals surface area (Å²) in [5.74, 6) is 0.481. The summed E-state index contributed by atoms with van der Waals surface area (Å²) in [5, 5.41) is 6.67. The summed E-state index contributed by atoms with van der Waals surface area (Å²) < 4.78 is 5.62. The molecule has 1 N–H and O–H groups in total.